The first kappa shape index (κ1) is 24.0. The van der Waals surface area contributed by atoms with Gasteiger partial charge in [0.15, 0.2) is 5.69 Å². The van der Waals surface area contributed by atoms with Crippen LogP contribution in [0.2, 0.25) is 5.02 Å². The lowest BCUT2D eigenvalue weighted by Gasteiger charge is -2.17. The van der Waals surface area contributed by atoms with E-state index in [1.165, 1.54) is 12.3 Å². The molecule has 0 bridgehead atoms. The zero-order valence-electron chi connectivity index (χ0n) is 17.6. The Morgan fingerprint density at radius 3 is 2.39 bits per heavy atom. The molecule has 12 heteroatoms. The van der Waals surface area contributed by atoms with E-state index in [-0.39, 0.29) is 21.9 Å². The fourth-order valence-corrected chi connectivity index (χ4v) is 3.02. The average molecular weight is 480 g/mol. The number of H-pyrrole nitrogens is 2. The molecule has 2 heterocycles. The van der Waals surface area contributed by atoms with Gasteiger partial charge in [0.2, 0.25) is 5.75 Å². The van der Waals surface area contributed by atoms with Crippen LogP contribution in [0.15, 0.2) is 34.0 Å². The largest absolute Gasteiger partial charge is 0.449 e. The predicted molar refractivity (Wildman–Crippen MR) is 112 cm³/mol. The van der Waals surface area contributed by atoms with E-state index in [4.69, 9.17) is 21.6 Å². The van der Waals surface area contributed by atoms with Crippen LogP contribution in [0.4, 0.5) is 13.2 Å². The maximum absolute atomic E-state index is 13.7. The molecule has 2 N–H and O–H groups in total. The van der Waals surface area contributed by atoms with Crippen LogP contribution in [-0.2, 0) is 18.0 Å². The summed E-state index contributed by atoms with van der Waals surface area (Å²) in [5.41, 5.74) is -3.77. The number of aromatic nitrogens is 4. The highest BCUT2D eigenvalue weighted by molar-refractivity contribution is 6.30. The minimum absolute atomic E-state index is 0.0152. The average Bonchev–Trinajstić information content (AvgIpc) is 2.69. The Morgan fingerprint density at radius 1 is 1.12 bits per heavy atom. The van der Waals surface area contributed by atoms with Crippen molar-refractivity contribution >= 4 is 11.6 Å². The van der Waals surface area contributed by atoms with Gasteiger partial charge in [0, 0.05) is 28.6 Å². The molecule has 0 aliphatic carbocycles. The molecule has 8 nitrogen and oxygen atoms in total. The maximum atomic E-state index is 13.7. The number of benzene rings is 1. The number of ether oxygens (including phenoxy) is 1. The number of hydrogen-bond acceptors (Lipinski definition) is 6. The fraction of sp³-hybridized carbons (Fsp3) is 0.286. The van der Waals surface area contributed by atoms with Gasteiger partial charge in [0.1, 0.15) is 17.4 Å². The van der Waals surface area contributed by atoms with Crippen LogP contribution >= 0.6 is 11.6 Å². The van der Waals surface area contributed by atoms with Crippen LogP contribution in [0.1, 0.15) is 49.2 Å². The summed E-state index contributed by atoms with van der Waals surface area (Å²) in [6.07, 6.45) is -4.22. The molecule has 0 spiro atoms. The zero-order chi connectivity index (χ0) is 24.6. The quantitative estimate of drug-likeness (QED) is 0.581. The maximum Gasteiger partial charge on any atom is 0.437 e. The van der Waals surface area contributed by atoms with Crippen molar-refractivity contribution in [3.8, 4) is 17.6 Å². The molecule has 33 heavy (non-hydrogen) atoms. The van der Waals surface area contributed by atoms with Gasteiger partial charge in [-0.15, -0.1) is 0 Å². The number of aromatic amines is 2. The monoisotopic (exact) mass is 479 g/mol. The summed E-state index contributed by atoms with van der Waals surface area (Å²) >= 11 is 5.84. The second-order valence-corrected chi connectivity index (χ2v) is 8.53. The number of rotatable bonds is 4. The summed E-state index contributed by atoms with van der Waals surface area (Å²) in [4.78, 5) is 37.3. The number of hydrogen-bond donors (Lipinski definition) is 2. The first-order valence-electron chi connectivity index (χ1n) is 9.45. The van der Waals surface area contributed by atoms with Crippen molar-refractivity contribution in [2.24, 2.45) is 0 Å². The van der Waals surface area contributed by atoms with Crippen molar-refractivity contribution in [1.29, 1.82) is 5.26 Å². The molecular weight excluding hydrogens is 463 g/mol. The first-order valence-corrected chi connectivity index (χ1v) is 9.83. The molecule has 2 aromatic heterocycles. The summed E-state index contributed by atoms with van der Waals surface area (Å²) in [5, 5.41) is 9.03. The Morgan fingerprint density at radius 2 is 1.82 bits per heavy atom. The lowest BCUT2D eigenvalue weighted by atomic mass is 9.95. The number of nitrogens with one attached hydrogen (secondary N) is 2. The number of alkyl halides is 3. The molecular formula is C21H17ClF3N5O3. The van der Waals surface area contributed by atoms with Gasteiger partial charge in [0.25, 0.3) is 11.1 Å². The van der Waals surface area contributed by atoms with Crippen LogP contribution in [0, 0.1) is 11.3 Å². The molecule has 1 aromatic carbocycles. The van der Waals surface area contributed by atoms with Gasteiger partial charge in [-0.3, -0.25) is 9.59 Å². The minimum Gasteiger partial charge on any atom is -0.449 e. The van der Waals surface area contributed by atoms with Gasteiger partial charge in [0.05, 0.1) is 11.6 Å². The normalized spacial score (nSPS) is 11.8. The number of nitrogens with zero attached hydrogens (tertiary/aromatic N) is 3. The van der Waals surface area contributed by atoms with Crippen molar-refractivity contribution in [3.63, 3.8) is 0 Å². The molecule has 0 saturated carbocycles. The van der Waals surface area contributed by atoms with Crippen molar-refractivity contribution < 1.29 is 17.9 Å². The van der Waals surface area contributed by atoms with Crippen LogP contribution in [0.3, 0.4) is 0 Å². The van der Waals surface area contributed by atoms with E-state index in [2.05, 4.69) is 19.9 Å². The molecule has 172 valence electrons. The molecule has 0 amide bonds. The Bertz CT molecular complexity index is 1370. The van der Waals surface area contributed by atoms with E-state index in [0.29, 0.717) is 5.82 Å². The molecule has 0 aliphatic heterocycles. The van der Waals surface area contributed by atoms with Crippen LogP contribution in [-0.4, -0.2) is 19.9 Å². The molecule has 0 unspecified atom stereocenters. The van der Waals surface area contributed by atoms with Gasteiger partial charge in [-0.1, -0.05) is 32.4 Å². The molecule has 3 rings (SSSR count). The van der Waals surface area contributed by atoms with Gasteiger partial charge in [-0.25, -0.2) is 9.97 Å². The Labute approximate surface area is 190 Å². The third kappa shape index (κ3) is 5.59. The second kappa shape index (κ2) is 8.71. The summed E-state index contributed by atoms with van der Waals surface area (Å²) in [7, 11) is 0. The van der Waals surface area contributed by atoms with Crippen LogP contribution < -0.4 is 15.9 Å². The lowest BCUT2D eigenvalue weighted by molar-refractivity contribution is -0.142. The van der Waals surface area contributed by atoms with Gasteiger partial charge >= 0.3 is 6.18 Å². The SMILES string of the molecule is CC(C)(C)c1ncc(Cc2nc(C(F)(F)F)c(Oc3cc(Cl)cc(C#N)c3)c(=O)[nH]2)c(=O)[nH]1. The van der Waals surface area contributed by atoms with E-state index in [1.807, 2.05) is 20.8 Å². The predicted octanol–water partition coefficient (Wildman–Crippen LogP) is 4.08. The van der Waals surface area contributed by atoms with E-state index in [0.717, 1.165) is 12.1 Å². The highest BCUT2D eigenvalue weighted by atomic mass is 35.5. The Hall–Kier alpha value is -3.65. The van der Waals surface area contributed by atoms with Crippen molar-refractivity contribution in [2.45, 2.75) is 38.8 Å². The molecule has 3 aromatic rings. The third-order valence-corrected chi connectivity index (χ3v) is 4.57. The van der Waals surface area contributed by atoms with Gasteiger partial charge in [-0.2, -0.15) is 18.4 Å². The number of halogens is 4. The van der Waals surface area contributed by atoms with Crippen molar-refractivity contribution in [2.75, 3.05) is 0 Å². The molecule has 0 saturated heterocycles. The molecule has 0 atom stereocenters. The second-order valence-electron chi connectivity index (χ2n) is 8.09. The fourth-order valence-electron chi connectivity index (χ4n) is 2.79. The Balaban J connectivity index is 2.03. The zero-order valence-corrected chi connectivity index (χ0v) is 18.4. The van der Waals surface area contributed by atoms with Gasteiger partial charge < -0.3 is 14.7 Å². The summed E-state index contributed by atoms with van der Waals surface area (Å²) < 4.78 is 46.2. The molecule has 0 aliphatic rings. The molecule has 0 fully saturated rings. The highest BCUT2D eigenvalue weighted by Gasteiger charge is 2.39. The van der Waals surface area contributed by atoms with E-state index in [9.17, 15) is 22.8 Å². The number of nitriles is 1. The minimum atomic E-state index is -5.05. The summed E-state index contributed by atoms with van der Waals surface area (Å²) in [5.74, 6) is -1.37. The summed E-state index contributed by atoms with van der Waals surface area (Å²) in [6.45, 7) is 5.49. The van der Waals surface area contributed by atoms with Crippen LogP contribution in [0.5, 0.6) is 11.5 Å². The van der Waals surface area contributed by atoms with E-state index in [1.54, 1.807) is 6.07 Å². The first-order chi connectivity index (χ1) is 15.3. The summed E-state index contributed by atoms with van der Waals surface area (Å²) in [6, 6.07) is 5.34. The molecule has 0 radical (unpaired) electrons. The standard InChI is InChI=1S/C21H17ClF3N5O3/c1-20(2,3)19-27-9-11(17(31)30-19)6-14-28-16(21(23,24)25)15(18(32)29-14)33-13-5-10(8-26)4-12(22)7-13/h4-5,7,9H,6H2,1-3H3,(H,27,30,31)(H,28,29,32). The van der Waals surface area contributed by atoms with Crippen LogP contribution in [0.25, 0.3) is 0 Å². The van der Waals surface area contributed by atoms with E-state index >= 15 is 0 Å². The topological polar surface area (TPSA) is 125 Å². The van der Waals surface area contributed by atoms with E-state index < -0.39 is 46.4 Å². The van der Waals surface area contributed by atoms with Gasteiger partial charge in [-0.05, 0) is 18.2 Å². The highest BCUT2D eigenvalue weighted by Crippen LogP contribution is 2.35. The lowest BCUT2D eigenvalue weighted by Crippen LogP contribution is -2.26. The third-order valence-electron chi connectivity index (χ3n) is 4.36. The Kier molecular flexibility index (Phi) is 6.33. The van der Waals surface area contributed by atoms with Crippen molar-refractivity contribution in [3.05, 3.63) is 78.6 Å². The van der Waals surface area contributed by atoms with Crippen molar-refractivity contribution in [1.82, 2.24) is 19.9 Å². The smallest absolute Gasteiger partial charge is 0.437 e.